The molecule has 0 aromatic carbocycles. The van der Waals surface area contributed by atoms with E-state index in [1.807, 2.05) is 0 Å². The Morgan fingerprint density at radius 1 is 0.177 bits per heavy atom. The predicted molar refractivity (Wildman–Crippen MR) is 240 cm³/mol. The fourth-order valence-electron chi connectivity index (χ4n) is 5.64. The summed E-state index contributed by atoms with van der Waals surface area (Å²) in [5.74, 6) is 0. The largest absolute Gasteiger partial charge is 0.394 e. The van der Waals surface area contributed by atoms with Crippen molar-refractivity contribution in [2.45, 2.75) is 96.8 Å². The summed E-state index contributed by atoms with van der Waals surface area (Å²) in [6.45, 7) is 18.0. The van der Waals surface area contributed by atoms with Gasteiger partial charge in [-0.05, 0) is 6.42 Å². The van der Waals surface area contributed by atoms with Crippen molar-refractivity contribution in [3.63, 3.8) is 0 Å². The molecule has 62 heavy (non-hydrogen) atoms. The normalized spacial score (nSPS) is 11.7. The molecule has 0 aliphatic heterocycles. The lowest BCUT2D eigenvalue weighted by Gasteiger charge is -2.09. The van der Waals surface area contributed by atoms with Gasteiger partial charge < -0.3 is 76.2 Å². The number of rotatable bonds is 59. The summed E-state index contributed by atoms with van der Waals surface area (Å²) in [4.78, 5) is 0. The van der Waals surface area contributed by atoms with Crippen LogP contribution in [0.1, 0.15) is 96.8 Å². The zero-order valence-electron chi connectivity index (χ0n) is 39.4. The number of aliphatic hydroxyl groups excluding tert-OH is 1. The fourth-order valence-corrected chi connectivity index (χ4v) is 5.64. The second kappa shape index (κ2) is 60.4. The van der Waals surface area contributed by atoms with Gasteiger partial charge in [0.05, 0.1) is 198 Å². The van der Waals surface area contributed by atoms with Crippen LogP contribution in [0.15, 0.2) is 0 Å². The number of hydrogen-bond donors (Lipinski definition) is 1. The summed E-state index contributed by atoms with van der Waals surface area (Å²) < 4.78 is 82.2. The summed E-state index contributed by atoms with van der Waals surface area (Å²) in [6, 6.07) is 0. The van der Waals surface area contributed by atoms with Gasteiger partial charge in [0.2, 0.25) is 0 Å². The SMILES string of the molecule is CCCCCCCCCCCCCCCCOCCOCCOCCOCCOCCOCCOCCOCCOCCOCCOCCOCCOCCOCCOCCO. The molecule has 0 spiro atoms. The zero-order valence-corrected chi connectivity index (χ0v) is 39.4. The molecular formula is C46H94O16. The minimum Gasteiger partial charge on any atom is -0.394 e. The van der Waals surface area contributed by atoms with E-state index in [9.17, 15) is 0 Å². The smallest absolute Gasteiger partial charge is 0.0701 e. The summed E-state index contributed by atoms with van der Waals surface area (Å²) >= 11 is 0. The van der Waals surface area contributed by atoms with Gasteiger partial charge in [0.15, 0.2) is 0 Å². The van der Waals surface area contributed by atoms with Gasteiger partial charge in [0, 0.05) is 6.61 Å². The summed E-state index contributed by atoms with van der Waals surface area (Å²) in [5, 5.41) is 8.60. The molecule has 0 bridgehead atoms. The maximum Gasteiger partial charge on any atom is 0.0701 e. The van der Waals surface area contributed by atoms with Crippen LogP contribution in [0.5, 0.6) is 0 Å². The average molecular weight is 903 g/mol. The Balaban J connectivity index is 3.06. The van der Waals surface area contributed by atoms with E-state index in [2.05, 4.69) is 6.92 Å². The van der Waals surface area contributed by atoms with Gasteiger partial charge in [0.1, 0.15) is 0 Å². The third-order valence-corrected chi connectivity index (χ3v) is 9.09. The van der Waals surface area contributed by atoms with Gasteiger partial charge in [-0.2, -0.15) is 0 Å². The minimum absolute atomic E-state index is 0.0237. The minimum atomic E-state index is 0.0237. The number of aliphatic hydroxyl groups is 1. The Kier molecular flexibility index (Phi) is 59.7. The molecular weight excluding hydrogens is 808 g/mol. The molecule has 0 aliphatic carbocycles. The quantitative estimate of drug-likeness (QED) is 0.0740. The molecule has 0 aromatic heterocycles. The van der Waals surface area contributed by atoms with Crippen LogP contribution in [0.25, 0.3) is 0 Å². The van der Waals surface area contributed by atoms with Gasteiger partial charge in [-0.15, -0.1) is 0 Å². The number of ether oxygens (including phenoxy) is 15. The molecule has 0 saturated heterocycles. The molecule has 0 saturated carbocycles. The molecule has 0 rings (SSSR count). The van der Waals surface area contributed by atoms with Crippen LogP contribution >= 0.6 is 0 Å². The Hall–Kier alpha value is -0.640. The Morgan fingerprint density at radius 3 is 0.500 bits per heavy atom. The average Bonchev–Trinajstić information content (AvgIpc) is 3.28. The maximum absolute atomic E-state index is 8.60. The van der Waals surface area contributed by atoms with Gasteiger partial charge in [-0.3, -0.25) is 0 Å². The Morgan fingerprint density at radius 2 is 0.323 bits per heavy atom. The van der Waals surface area contributed by atoms with Gasteiger partial charge in [-0.1, -0.05) is 90.4 Å². The standard InChI is InChI=1S/C46H94O16/c1-2-3-4-5-6-7-8-9-10-11-12-13-14-15-17-48-19-21-50-23-25-52-27-29-54-31-33-56-35-37-58-39-41-60-43-45-62-46-44-61-42-40-59-38-36-57-34-32-55-30-28-53-26-24-51-22-20-49-18-16-47/h47H,2-46H2,1H3. The lowest BCUT2D eigenvalue weighted by atomic mass is 10.0. The molecule has 0 radical (unpaired) electrons. The summed E-state index contributed by atoms with van der Waals surface area (Å²) in [7, 11) is 0. The second-order valence-corrected chi connectivity index (χ2v) is 14.5. The van der Waals surface area contributed by atoms with Crippen LogP contribution < -0.4 is 0 Å². The topological polar surface area (TPSA) is 159 Å². The molecule has 0 fully saturated rings. The van der Waals surface area contributed by atoms with Crippen molar-refractivity contribution in [2.24, 2.45) is 0 Å². The monoisotopic (exact) mass is 903 g/mol. The molecule has 0 heterocycles. The second-order valence-electron chi connectivity index (χ2n) is 14.5. The summed E-state index contributed by atoms with van der Waals surface area (Å²) in [6.07, 6.45) is 19.2. The van der Waals surface area contributed by atoms with Gasteiger partial charge >= 0.3 is 0 Å². The van der Waals surface area contributed by atoms with Crippen molar-refractivity contribution in [2.75, 3.05) is 205 Å². The van der Waals surface area contributed by atoms with E-state index in [0.29, 0.717) is 192 Å². The maximum atomic E-state index is 8.60. The molecule has 0 aliphatic rings. The highest BCUT2D eigenvalue weighted by molar-refractivity contribution is 4.50. The summed E-state index contributed by atoms with van der Waals surface area (Å²) in [5.41, 5.74) is 0. The van der Waals surface area contributed by atoms with Crippen LogP contribution in [-0.4, -0.2) is 210 Å². The molecule has 0 aromatic rings. The fraction of sp³-hybridized carbons (Fsp3) is 1.00. The van der Waals surface area contributed by atoms with E-state index in [1.165, 1.54) is 83.5 Å². The van der Waals surface area contributed by atoms with Crippen molar-refractivity contribution in [1.82, 2.24) is 0 Å². The van der Waals surface area contributed by atoms with Crippen LogP contribution in [-0.2, 0) is 71.1 Å². The van der Waals surface area contributed by atoms with E-state index >= 15 is 0 Å². The van der Waals surface area contributed by atoms with E-state index < -0.39 is 0 Å². The van der Waals surface area contributed by atoms with Crippen molar-refractivity contribution in [3.05, 3.63) is 0 Å². The van der Waals surface area contributed by atoms with Crippen LogP contribution in [0, 0.1) is 0 Å². The van der Waals surface area contributed by atoms with Crippen molar-refractivity contribution < 1.29 is 76.2 Å². The Bertz CT molecular complexity index is 700. The lowest BCUT2D eigenvalue weighted by Crippen LogP contribution is -2.15. The number of hydrogen-bond acceptors (Lipinski definition) is 16. The first-order chi connectivity index (χ1) is 30.9. The highest BCUT2D eigenvalue weighted by Gasteiger charge is 1.99. The highest BCUT2D eigenvalue weighted by Crippen LogP contribution is 2.13. The third kappa shape index (κ3) is 59.4. The Labute approximate surface area is 377 Å². The van der Waals surface area contributed by atoms with Crippen molar-refractivity contribution >= 4 is 0 Å². The first-order valence-corrected chi connectivity index (χ1v) is 24.2. The molecule has 0 amide bonds. The van der Waals surface area contributed by atoms with Crippen molar-refractivity contribution in [3.8, 4) is 0 Å². The lowest BCUT2D eigenvalue weighted by molar-refractivity contribution is -0.0301. The first-order valence-electron chi connectivity index (χ1n) is 24.2. The van der Waals surface area contributed by atoms with Crippen LogP contribution in [0.3, 0.4) is 0 Å². The molecule has 374 valence electrons. The predicted octanol–water partition coefficient (Wildman–Crippen LogP) is 5.71. The van der Waals surface area contributed by atoms with E-state index in [0.717, 1.165) is 13.0 Å². The molecule has 16 nitrogen and oxygen atoms in total. The first kappa shape index (κ1) is 61.4. The highest BCUT2D eigenvalue weighted by atomic mass is 16.6. The van der Waals surface area contributed by atoms with Crippen molar-refractivity contribution in [1.29, 1.82) is 0 Å². The van der Waals surface area contributed by atoms with Crippen LogP contribution in [0.2, 0.25) is 0 Å². The van der Waals surface area contributed by atoms with Gasteiger partial charge in [0.25, 0.3) is 0 Å². The third-order valence-electron chi connectivity index (χ3n) is 9.09. The van der Waals surface area contributed by atoms with E-state index in [1.54, 1.807) is 0 Å². The van der Waals surface area contributed by atoms with E-state index in [4.69, 9.17) is 76.2 Å². The van der Waals surface area contributed by atoms with E-state index in [-0.39, 0.29) is 6.61 Å². The zero-order chi connectivity index (χ0) is 44.4. The van der Waals surface area contributed by atoms with Crippen LogP contribution in [0.4, 0.5) is 0 Å². The molecule has 0 unspecified atom stereocenters. The molecule has 1 N–H and O–H groups in total. The van der Waals surface area contributed by atoms with Gasteiger partial charge in [-0.25, -0.2) is 0 Å². The molecule has 0 atom stereocenters. The molecule has 16 heteroatoms. The number of unbranched alkanes of at least 4 members (excludes halogenated alkanes) is 13.